The van der Waals surface area contributed by atoms with Gasteiger partial charge >= 0.3 is 83.2 Å². The normalized spacial score (nSPS) is 0. The summed E-state index contributed by atoms with van der Waals surface area (Å²) in [6, 6.07) is 0. The molecule has 0 aliphatic rings. The SMILES string of the molecule is [Bi].[Ca+2].[H-].[H-].[H-].[H-].[Pb].[Sr+2]. The second-order valence-electron chi connectivity index (χ2n) is 0. The second-order valence-corrected chi connectivity index (χ2v) is 0. The van der Waals surface area contributed by atoms with Crippen molar-refractivity contribution in [3.8, 4) is 0 Å². The zero-order valence-corrected chi connectivity index (χ0v) is 15.4. The van der Waals surface area contributed by atoms with Crippen molar-refractivity contribution in [1.82, 2.24) is 0 Å². The summed E-state index contributed by atoms with van der Waals surface area (Å²) in [5, 5.41) is 0. The zero-order chi connectivity index (χ0) is 0. The molecule has 0 spiro atoms. The topological polar surface area (TPSA) is 0 Å². The van der Waals surface area contributed by atoms with Crippen LogP contribution in [0.15, 0.2) is 0 Å². The first-order valence-corrected chi connectivity index (χ1v) is 0. The third-order valence-corrected chi connectivity index (χ3v) is 0. The molecular formula is H4BiCaPbSr. The van der Waals surface area contributed by atoms with E-state index in [1.807, 2.05) is 0 Å². The van der Waals surface area contributed by atoms with Crippen LogP contribution in [-0.2, 0) is 0 Å². The maximum Gasteiger partial charge on any atom is 2.00 e. The van der Waals surface area contributed by atoms with E-state index >= 15 is 0 Å². The Morgan fingerprint density at radius 3 is 1.25 bits per heavy atom. The molecule has 0 rings (SSSR count). The third-order valence-electron chi connectivity index (χ3n) is 0. The Morgan fingerprint density at radius 2 is 1.25 bits per heavy atom. The summed E-state index contributed by atoms with van der Waals surface area (Å²) in [7, 11) is 0. The molecule has 0 aromatic carbocycles. The van der Waals surface area contributed by atoms with Crippen molar-refractivity contribution in [2.45, 2.75) is 0 Å². The van der Waals surface area contributed by atoms with Crippen LogP contribution in [0.1, 0.15) is 5.71 Å². The summed E-state index contributed by atoms with van der Waals surface area (Å²) in [6.45, 7) is 0. The molecule has 0 amide bonds. The summed E-state index contributed by atoms with van der Waals surface area (Å²) >= 11 is 0. The van der Waals surface area contributed by atoms with Gasteiger partial charge in [-0.1, -0.05) is 0 Å². The fraction of sp³-hybridized carbons (Fsp3) is 0. The standard InChI is InChI=1S/Bi.Ca.Pb.Sr.4H/q;+2;;+2;4*-1. The van der Waals surface area contributed by atoms with E-state index in [9.17, 15) is 0 Å². The molecule has 0 fully saturated rings. The fourth-order valence-corrected chi connectivity index (χ4v) is 0. The largest absolute Gasteiger partial charge is 2.00 e. The van der Waals surface area contributed by atoms with Crippen LogP contribution in [0.2, 0.25) is 0 Å². The molecule has 0 atom stereocenters. The minimum absolute atomic E-state index is 0. The van der Waals surface area contributed by atoms with Crippen molar-refractivity contribution in [3.63, 3.8) is 0 Å². The molecule has 4 heavy (non-hydrogen) atoms. The first-order valence-electron chi connectivity index (χ1n) is 0. The monoisotopic (exact) mass is 549 g/mol. The Hall–Kier alpha value is 4.55. The number of hydrogen-bond acceptors (Lipinski definition) is 0. The Morgan fingerprint density at radius 1 is 1.25 bits per heavy atom. The van der Waals surface area contributed by atoms with Gasteiger partial charge in [0.15, 0.2) is 0 Å². The smallest absolute Gasteiger partial charge is 1.00 e. The molecule has 0 aliphatic heterocycles. The van der Waals surface area contributed by atoms with Crippen molar-refractivity contribution in [2.24, 2.45) is 0 Å². The fourth-order valence-electron chi connectivity index (χ4n) is 0. The van der Waals surface area contributed by atoms with Gasteiger partial charge in [-0.25, -0.2) is 0 Å². The Bertz CT molecular complexity index is 16.0. The molecule has 0 aromatic rings. The van der Waals surface area contributed by atoms with Gasteiger partial charge < -0.3 is 5.71 Å². The molecule has 0 nitrogen and oxygen atoms in total. The second kappa shape index (κ2) is 15.6. The minimum Gasteiger partial charge on any atom is -1.00 e. The average molecular weight is 548 g/mol. The molecule has 0 N–H and O–H groups in total. The van der Waals surface area contributed by atoms with E-state index in [2.05, 4.69) is 0 Å². The van der Waals surface area contributed by atoms with Crippen molar-refractivity contribution in [2.75, 3.05) is 0 Å². The zero-order valence-electron chi connectivity index (χ0n) is 6.36. The predicted octanol–water partition coefficient (Wildman–Crippen LogP) is -1.07. The van der Waals surface area contributed by atoms with Crippen LogP contribution >= 0.6 is 0 Å². The van der Waals surface area contributed by atoms with Gasteiger partial charge in [-0.3, -0.25) is 0 Å². The van der Waals surface area contributed by atoms with Crippen LogP contribution in [0.25, 0.3) is 0 Å². The van der Waals surface area contributed by atoms with Gasteiger partial charge in [0.1, 0.15) is 0 Å². The Labute approximate surface area is 138 Å². The molecular weight excluding hydrogens is 544 g/mol. The van der Waals surface area contributed by atoms with E-state index in [1.165, 1.54) is 0 Å². The maximum absolute atomic E-state index is 0. The third kappa shape index (κ3) is 9.74. The molecule has 0 saturated carbocycles. The van der Waals surface area contributed by atoms with Crippen molar-refractivity contribution >= 4 is 137 Å². The first kappa shape index (κ1) is 23.5. The average Bonchev–Trinajstić information content (AvgIpc) is 0. The molecule has 0 bridgehead atoms. The summed E-state index contributed by atoms with van der Waals surface area (Å²) in [5.74, 6) is 0. The molecule has 0 saturated heterocycles. The van der Waals surface area contributed by atoms with E-state index in [0.29, 0.717) is 0 Å². The Kier molecular flexibility index (Phi) is 92.1. The van der Waals surface area contributed by atoms with Crippen LogP contribution in [0.5, 0.6) is 0 Å². The van der Waals surface area contributed by atoms with Gasteiger partial charge in [0, 0.05) is 53.5 Å². The van der Waals surface area contributed by atoms with E-state index in [4.69, 9.17) is 0 Å². The molecule has 0 aliphatic carbocycles. The van der Waals surface area contributed by atoms with Crippen molar-refractivity contribution in [1.29, 1.82) is 0 Å². The van der Waals surface area contributed by atoms with Crippen LogP contribution in [0.4, 0.5) is 0 Å². The summed E-state index contributed by atoms with van der Waals surface area (Å²) in [5.41, 5.74) is 0. The van der Waals surface area contributed by atoms with Gasteiger partial charge in [-0.05, 0) is 0 Å². The Balaban J connectivity index is 0. The van der Waals surface area contributed by atoms with E-state index in [1.54, 1.807) is 0 Å². The van der Waals surface area contributed by atoms with Crippen molar-refractivity contribution in [3.05, 3.63) is 0 Å². The molecule has 7 radical (unpaired) electrons. The quantitative estimate of drug-likeness (QED) is 0.339. The molecule has 0 aromatic heterocycles. The van der Waals surface area contributed by atoms with Gasteiger partial charge in [-0.15, -0.1) is 0 Å². The molecule has 17 valence electrons. The van der Waals surface area contributed by atoms with Gasteiger partial charge in [-0.2, -0.15) is 0 Å². The molecule has 0 heterocycles. The summed E-state index contributed by atoms with van der Waals surface area (Å²) < 4.78 is 0. The van der Waals surface area contributed by atoms with Crippen molar-refractivity contribution < 1.29 is 5.71 Å². The van der Waals surface area contributed by atoms with Crippen LogP contribution in [0, 0.1) is 0 Å². The first-order chi connectivity index (χ1) is 0. The van der Waals surface area contributed by atoms with E-state index < -0.39 is 0 Å². The summed E-state index contributed by atoms with van der Waals surface area (Å²) in [6.07, 6.45) is 0. The van der Waals surface area contributed by atoms with Crippen LogP contribution in [-0.4, -0.2) is 137 Å². The predicted molar refractivity (Wildman–Crippen MR) is 27.5 cm³/mol. The van der Waals surface area contributed by atoms with Gasteiger partial charge in [0.05, 0.1) is 0 Å². The van der Waals surface area contributed by atoms with Crippen LogP contribution in [0.3, 0.4) is 0 Å². The van der Waals surface area contributed by atoms with Gasteiger partial charge in [0.25, 0.3) is 0 Å². The molecule has 4 heteroatoms. The summed E-state index contributed by atoms with van der Waals surface area (Å²) in [4.78, 5) is 0. The maximum atomic E-state index is 0. The molecule has 0 unspecified atom stereocenters. The minimum atomic E-state index is 0. The van der Waals surface area contributed by atoms with E-state index in [0.717, 1.165) is 0 Å². The van der Waals surface area contributed by atoms with Crippen LogP contribution < -0.4 is 0 Å². The number of rotatable bonds is 0. The van der Waals surface area contributed by atoms with Gasteiger partial charge in [0.2, 0.25) is 0 Å². The number of hydrogen-bond donors (Lipinski definition) is 0. The van der Waals surface area contributed by atoms with E-state index in [-0.39, 0.29) is 142 Å².